The largest absolute Gasteiger partial charge is 0.484 e. The second-order valence-corrected chi connectivity index (χ2v) is 6.74. The summed E-state index contributed by atoms with van der Waals surface area (Å²) in [6.45, 7) is 8.26. The third-order valence-corrected chi connectivity index (χ3v) is 4.44. The van der Waals surface area contributed by atoms with Crippen molar-refractivity contribution in [3.8, 4) is 5.75 Å². The molecule has 0 fully saturated rings. The molecular weight excluding hydrogens is 354 g/mol. The lowest BCUT2D eigenvalue weighted by Crippen LogP contribution is -2.31. The number of aryl methyl sites for hydroxylation is 3. The predicted molar refractivity (Wildman–Crippen MR) is 96.8 cm³/mol. The van der Waals surface area contributed by atoms with E-state index in [1.165, 1.54) is 16.7 Å². The summed E-state index contributed by atoms with van der Waals surface area (Å²) in [6, 6.07) is 11.7. The van der Waals surface area contributed by atoms with Crippen LogP contribution < -0.4 is 10.1 Å². The number of amides is 1. The minimum atomic E-state index is -0.127. The fraction of sp³-hybridized carbons (Fsp3) is 0.316. The van der Waals surface area contributed by atoms with Gasteiger partial charge in [-0.2, -0.15) is 0 Å². The van der Waals surface area contributed by atoms with Crippen LogP contribution in [0.15, 0.2) is 40.9 Å². The maximum Gasteiger partial charge on any atom is 0.258 e. The molecule has 0 unspecified atom stereocenters. The van der Waals surface area contributed by atoms with Crippen LogP contribution in [0, 0.1) is 20.8 Å². The van der Waals surface area contributed by atoms with Crippen LogP contribution in [0.3, 0.4) is 0 Å². The summed E-state index contributed by atoms with van der Waals surface area (Å²) in [5, 5.41) is 2.99. The third kappa shape index (κ3) is 4.83. The van der Waals surface area contributed by atoms with Crippen molar-refractivity contribution in [2.45, 2.75) is 33.7 Å². The van der Waals surface area contributed by atoms with E-state index < -0.39 is 0 Å². The number of carbonyl (C=O) groups is 1. The smallest absolute Gasteiger partial charge is 0.258 e. The Balaban J connectivity index is 1.94. The van der Waals surface area contributed by atoms with Crippen molar-refractivity contribution in [3.63, 3.8) is 0 Å². The second-order valence-electron chi connectivity index (χ2n) is 5.82. The van der Waals surface area contributed by atoms with Gasteiger partial charge in [0.05, 0.1) is 6.04 Å². The van der Waals surface area contributed by atoms with E-state index in [1.54, 1.807) is 0 Å². The summed E-state index contributed by atoms with van der Waals surface area (Å²) in [5.74, 6) is 0.552. The van der Waals surface area contributed by atoms with Crippen molar-refractivity contribution in [3.05, 3.63) is 63.1 Å². The second kappa shape index (κ2) is 7.64. The zero-order valence-corrected chi connectivity index (χ0v) is 15.5. The van der Waals surface area contributed by atoms with E-state index in [0.29, 0.717) is 5.75 Å². The number of benzene rings is 2. The van der Waals surface area contributed by atoms with Crippen LogP contribution in [0.5, 0.6) is 5.75 Å². The molecule has 0 aliphatic carbocycles. The Morgan fingerprint density at radius 3 is 2.35 bits per heavy atom. The number of hydrogen-bond acceptors (Lipinski definition) is 2. The van der Waals surface area contributed by atoms with Gasteiger partial charge in [-0.05, 0) is 74.2 Å². The minimum absolute atomic E-state index is 0.00979. The lowest BCUT2D eigenvalue weighted by atomic mass is 9.96. The van der Waals surface area contributed by atoms with Crippen LogP contribution >= 0.6 is 15.9 Å². The van der Waals surface area contributed by atoms with E-state index in [0.717, 1.165) is 10.0 Å². The molecule has 2 aromatic rings. The van der Waals surface area contributed by atoms with Crippen LogP contribution in [0.4, 0.5) is 0 Å². The minimum Gasteiger partial charge on any atom is -0.484 e. The SMILES string of the molecule is Cc1cc(C)c([C@@H](C)NC(=O)COc2ccc(Br)cc2)cc1C. The fourth-order valence-corrected chi connectivity index (χ4v) is 2.75. The van der Waals surface area contributed by atoms with Gasteiger partial charge in [-0.1, -0.05) is 28.1 Å². The van der Waals surface area contributed by atoms with Crippen LogP contribution in [0.2, 0.25) is 0 Å². The van der Waals surface area contributed by atoms with Gasteiger partial charge in [0.1, 0.15) is 5.75 Å². The topological polar surface area (TPSA) is 38.3 Å². The Kier molecular flexibility index (Phi) is 5.83. The Labute approximate surface area is 146 Å². The zero-order chi connectivity index (χ0) is 17.0. The third-order valence-electron chi connectivity index (χ3n) is 3.91. The summed E-state index contributed by atoms with van der Waals surface area (Å²) >= 11 is 3.37. The van der Waals surface area contributed by atoms with E-state index in [4.69, 9.17) is 4.74 Å². The maximum absolute atomic E-state index is 12.1. The molecule has 0 heterocycles. The zero-order valence-electron chi connectivity index (χ0n) is 13.9. The van der Waals surface area contributed by atoms with Gasteiger partial charge < -0.3 is 10.1 Å². The Morgan fingerprint density at radius 1 is 1.09 bits per heavy atom. The molecule has 0 aromatic heterocycles. The van der Waals surface area contributed by atoms with Crippen LogP contribution in [0.25, 0.3) is 0 Å². The van der Waals surface area contributed by atoms with Crippen LogP contribution in [0.1, 0.15) is 35.2 Å². The first-order valence-electron chi connectivity index (χ1n) is 7.62. The van der Waals surface area contributed by atoms with Gasteiger partial charge >= 0.3 is 0 Å². The summed E-state index contributed by atoms with van der Waals surface area (Å²) in [7, 11) is 0. The highest BCUT2D eigenvalue weighted by atomic mass is 79.9. The van der Waals surface area contributed by atoms with Crippen LogP contribution in [-0.4, -0.2) is 12.5 Å². The quantitative estimate of drug-likeness (QED) is 0.826. The Hall–Kier alpha value is -1.81. The first kappa shape index (κ1) is 17.5. The Bertz CT molecular complexity index is 695. The van der Waals surface area contributed by atoms with Gasteiger partial charge in [0.2, 0.25) is 0 Å². The summed E-state index contributed by atoms with van der Waals surface area (Å²) < 4.78 is 6.48. The molecule has 0 aliphatic heterocycles. The highest BCUT2D eigenvalue weighted by Gasteiger charge is 2.13. The highest BCUT2D eigenvalue weighted by Crippen LogP contribution is 2.21. The van der Waals surface area contributed by atoms with Gasteiger partial charge in [0.25, 0.3) is 5.91 Å². The molecule has 0 spiro atoms. The van der Waals surface area contributed by atoms with Gasteiger partial charge in [0, 0.05) is 4.47 Å². The number of halogens is 1. The van der Waals surface area contributed by atoms with Gasteiger partial charge in [-0.3, -0.25) is 4.79 Å². The average molecular weight is 376 g/mol. The van der Waals surface area contributed by atoms with Gasteiger partial charge in [-0.15, -0.1) is 0 Å². The monoisotopic (exact) mass is 375 g/mol. The number of carbonyl (C=O) groups excluding carboxylic acids is 1. The van der Waals surface area contributed by atoms with Crippen molar-refractivity contribution in [2.24, 2.45) is 0 Å². The van der Waals surface area contributed by atoms with Crippen molar-refractivity contribution in [1.29, 1.82) is 0 Å². The molecule has 0 bridgehead atoms. The van der Waals surface area contributed by atoms with Crippen molar-refractivity contribution >= 4 is 21.8 Å². The maximum atomic E-state index is 12.1. The van der Waals surface area contributed by atoms with E-state index in [2.05, 4.69) is 54.2 Å². The van der Waals surface area contributed by atoms with Crippen molar-refractivity contribution in [1.82, 2.24) is 5.32 Å². The molecule has 0 saturated heterocycles. The number of ether oxygens (including phenoxy) is 1. The normalized spacial score (nSPS) is 11.9. The van der Waals surface area contributed by atoms with Crippen molar-refractivity contribution in [2.75, 3.05) is 6.61 Å². The lowest BCUT2D eigenvalue weighted by Gasteiger charge is -2.18. The first-order chi connectivity index (χ1) is 10.9. The number of nitrogens with one attached hydrogen (secondary N) is 1. The van der Waals surface area contributed by atoms with E-state index in [-0.39, 0.29) is 18.6 Å². The van der Waals surface area contributed by atoms with Crippen LogP contribution in [-0.2, 0) is 4.79 Å². The molecule has 1 atom stereocenters. The fourth-order valence-electron chi connectivity index (χ4n) is 2.49. The molecule has 23 heavy (non-hydrogen) atoms. The molecule has 3 nitrogen and oxygen atoms in total. The van der Waals surface area contributed by atoms with Crippen molar-refractivity contribution < 1.29 is 9.53 Å². The molecule has 1 amide bonds. The summed E-state index contributed by atoms with van der Waals surface area (Å²) in [5.41, 5.74) is 4.83. The molecule has 122 valence electrons. The van der Waals surface area contributed by atoms with E-state index >= 15 is 0 Å². The van der Waals surface area contributed by atoms with E-state index in [1.807, 2.05) is 31.2 Å². The molecule has 0 radical (unpaired) electrons. The van der Waals surface area contributed by atoms with Gasteiger partial charge in [-0.25, -0.2) is 0 Å². The lowest BCUT2D eigenvalue weighted by molar-refractivity contribution is -0.123. The Morgan fingerprint density at radius 2 is 1.70 bits per heavy atom. The highest BCUT2D eigenvalue weighted by molar-refractivity contribution is 9.10. The summed E-state index contributed by atoms with van der Waals surface area (Å²) in [4.78, 5) is 12.1. The van der Waals surface area contributed by atoms with E-state index in [9.17, 15) is 4.79 Å². The molecule has 0 saturated carbocycles. The standard InChI is InChI=1S/C19H22BrNO2/c1-12-9-14(3)18(10-13(12)2)15(4)21-19(22)11-23-17-7-5-16(20)6-8-17/h5-10,15H,11H2,1-4H3,(H,21,22)/t15-/m1/s1. The number of hydrogen-bond donors (Lipinski definition) is 1. The molecule has 0 aliphatic rings. The average Bonchev–Trinajstić information content (AvgIpc) is 2.50. The first-order valence-corrected chi connectivity index (χ1v) is 8.41. The predicted octanol–water partition coefficient (Wildman–Crippen LogP) is 4.63. The molecular formula is C19H22BrNO2. The molecule has 4 heteroatoms. The molecule has 2 rings (SSSR count). The number of rotatable bonds is 5. The molecule has 2 aromatic carbocycles. The van der Waals surface area contributed by atoms with Gasteiger partial charge in [0.15, 0.2) is 6.61 Å². The molecule has 1 N–H and O–H groups in total. The summed E-state index contributed by atoms with van der Waals surface area (Å²) in [6.07, 6.45) is 0.